The maximum atomic E-state index is 11.9. The number of Topliss-reactive ketones (excluding diaryl/α,β-unsaturated/α-hetero) is 1. The third kappa shape index (κ3) is 2.80. The van der Waals surface area contributed by atoms with Gasteiger partial charge in [-0.05, 0) is 26.9 Å². The van der Waals surface area contributed by atoms with Gasteiger partial charge in [-0.25, -0.2) is 0 Å². The van der Waals surface area contributed by atoms with Crippen molar-refractivity contribution >= 4 is 5.78 Å². The number of ketones is 1. The molecule has 0 aromatic rings. The first kappa shape index (κ1) is 12.6. The fraction of sp³-hybridized carbons (Fsp3) is 0.909. The van der Waals surface area contributed by atoms with E-state index >= 15 is 0 Å². The monoisotopic (exact) mass is 185 g/mol. The highest BCUT2D eigenvalue weighted by molar-refractivity contribution is 5.89. The molecule has 0 spiro atoms. The molecule has 0 fully saturated rings. The molecule has 0 aliphatic rings. The quantitative estimate of drug-likeness (QED) is 0.655. The lowest BCUT2D eigenvalue weighted by Gasteiger charge is -2.36. The van der Waals surface area contributed by atoms with Gasteiger partial charge in [-0.2, -0.15) is 0 Å². The summed E-state index contributed by atoms with van der Waals surface area (Å²) in [5.74, 6) is 0.451. The molecule has 0 bridgehead atoms. The van der Waals surface area contributed by atoms with Crippen molar-refractivity contribution in [3.63, 3.8) is 0 Å². The lowest BCUT2D eigenvalue weighted by atomic mass is 9.89. The van der Waals surface area contributed by atoms with Gasteiger partial charge >= 0.3 is 0 Å². The molecule has 0 heterocycles. The normalized spacial score (nSPS) is 12.6. The Morgan fingerprint density at radius 1 is 1.23 bits per heavy atom. The van der Waals surface area contributed by atoms with E-state index in [0.717, 1.165) is 13.1 Å². The summed E-state index contributed by atoms with van der Waals surface area (Å²) in [6, 6.07) is 0. The first-order valence-electron chi connectivity index (χ1n) is 5.17. The predicted octanol–water partition coefficient (Wildman–Crippen LogP) is 2.33. The fourth-order valence-corrected chi connectivity index (χ4v) is 1.88. The molecule has 2 nitrogen and oxygen atoms in total. The molecular weight excluding hydrogens is 162 g/mol. The molecule has 0 aromatic carbocycles. The zero-order chi connectivity index (χ0) is 10.6. The predicted molar refractivity (Wildman–Crippen MR) is 56.8 cm³/mol. The molecule has 0 N–H and O–H groups in total. The van der Waals surface area contributed by atoms with Crippen LogP contribution in [-0.2, 0) is 4.79 Å². The third-order valence-electron chi connectivity index (χ3n) is 2.68. The van der Waals surface area contributed by atoms with Crippen molar-refractivity contribution in [2.45, 2.75) is 47.1 Å². The first-order valence-corrected chi connectivity index (χ1v) is 5.17. The number of likely N-dealkylation sites (N-methyl/N-ethyl adjacent to an activating group) is 1. The average molecular weight is 185 g/mol. The third-order valence-corrected chi connectivity index (χ3v) is 2.68. The SMILES string of the molecule is CCN(CC)C(C)(C)C(=O)C(C)C. The topological polar surface area (TPSA) is 20.3 Å². The Bertz CT molecular complexity index is 169. The van der Waals surface area contributed by atoms with Crippen molar-refractivity contribution < 1.29 is 4.79 Å². The van der Waals surface area contributed by atoms with Crippen molar-refractivity contribution in [2.75, 3.05) is 13.1 Å². The summed E-state index contributed by atoms with van der Waals surface area (Å²) in [7, 11) is 0. The van der Waals surface area contributed by atoms with E-state index in [1.807, 2.05) is 27.7 Å². The van der Waals surface area contributed by atoms with Crippen molar-refractivity contribution in [1.82, 2.24) is 4.90 Å². The summed E-state index contributed by atoms with van der Waals surface area (Å²) in [6.45, 7) is 14.0. The highest BCUT2D eigenvalue weighted by Crippen LogP contribution is 2.19. The van der Waals surface area contributed by atoms with Crippen LogP contribution in [0.3, 0.4) is 0 Å². The Labute approximate surface area is 82.3 Å². The van der Waals surface area contributed by atoms with Crippen LogP contribution in [0.4, 0.5) is 0 Å². The van der Waals surface area contributed by atoms with E-state index in [4.69, 9.17) is 0 Å². The van der Waals surface area contributed by atoms with Gasteiger partial charge in [0.15, 0.2) is 5.78 Å². The van der Waals surface area contributed by atoms with Crippen molar-refractivity contribution in [3.05, 3.63) is 0 Å². The molecule has 0 saturated carbocycles. The molecule has 0 radical (unpaired) electrons. The van der Waals surface area contributed by atoms with Crippen LogP contribution < -0.4 is 0 Å². The number of hydrogen-bond donors (Lipinski definition) is 0. The first-order chi connectivity index (χ1) is 5.87. The van der Waals surface area contributed by atoms with Gasteiger partial charge in [0.25, 0.3) is 0 Å². The molecule has 2 heteroatoms. The van der Waals surface area contributed by atoms with Crippen LogP contribution in [0.25, 0.3) is 0 Å². The molecule has 0 saturated heterocycles. The maximum absolute atomic E-state index is 11.9. The lowest BCUT2D eigenvalue weighted by Crippen LogP contribution is -2.51. The Balaban J connectivity index is 4.61. The summed E-state index contributed by atoms with van der Waals surface area (Å²) < 4.78 is 0. The standard InChI is InChI=1S/C11H23NO/c1-7-12(8-2)11(5,6)10(13)9(3)4/h9H,7-8H2,1-6H3. The van der Waals surface area contributed by atoms with Crippen LogP contribution in [0.2, 0.25) is 0 Å². The minimum atomic E-state index is -0.308. The average Bonchev–Trinajstić information content (AvgIpc) is 2.04. The van der Waals surface area contributed by atoms with Crippen LogP contribution in [0.5, 0.6) is 0 Å². The smallest absolute Gasteiger partial charge is 0.155 e. The Morgan fingerprint density at radius 3 is 1.85 bits per heavy atom. The number of carbonyl (C=O) groups excluding carboxylic acids is 1. The zero-order valence-corrected chi connectivity index (χ0v) is 9.85. The molecular formula is C11H23NO. The molecule has 78 valence electrons. The highest BCUT2D eigenvalue weighted by Gasteiger charge is 2.33. The molecule has 0 rings (SSSR count). The van der Waals surface area contributed by atoms with E-state index < -0.39 is 0 Å². The van der Waals surface area contributed by atoms with Crippen LogP contribution in [-0.4, -0.2) is 29.3 Å². The summed E-state index contributed by atoms with van der Waals surface area (Å²) in [5.41, 5.74) is -0.308. The minimum absolute atomic E-state index is 0.121. The molecule has 0 amide bonds. The van der Waals surface area contributed by atoms with Gasteiger partial charge in [0.05, 0.1) is 5.54 Å². The second-order valence-electron chi connectivity index (χ2n) is 4.25. The largest absolute Gasteiger partial charge is 0.297 e. The van der Waals surface area contributed by atoms with E-state index in [1.54, 1.807) is 0 Å². The van der Waals surface area contributed by atoms with E-state index in [2.05, 4.69) is 18.7 Å². The molecule has 0 aliphatic carbocycles. The van der Waals surface area contributed by atoms with Gasteiger partial charge in [0.2, 0.25) is 0 Å². The number of nitrogens with zero attached hydrogens (tertiary/aromatic N) is 1. The zero-order valence-electron chi connectivity index (χ0n) is 9.85. The van der Waals surface area contributed by atoms with E-state index in [9.17, 15) is 4.79 Å². The fourth-order valence-electron chi connectivity index (χ4n) is 1.88. The Kier molecular flexibility index (Phi) is 4.62. The number of rotatable bonds is 5. The van der Waals surface area contributed by atoms with Crippen molar-refractivity contribution in [3.8, 4) is 0 Å². The van der Waals surface area contributed by atoms with E-state index in [0.29, 0.717) is 5.78 Å². The molecule has 0 aliphatic heterocycles. The van der Waals surface area contributed by atoms with Gasteiger partial charge < -0.3 is 0 Å². The minimum Gasteiger partial charge on any atom is -0.297 e. The summed E-state index contributed by atoms with van der Waals surface area (Å²) >= 11 is 0. The molecule has 0 unspecified atom stereocenters. The van der Waals surface area contributed by atoms with Gasteiger partial charge in [0.1, 0.15) is 0 Å². The van der Waals surface area contributed by atoms with E-state index in [-0.39, 0.29) is 11.5 Å². The van der Waals surface area contributed by atoms with Gasteiger partial charge in [0, 0.05) is 5.92 Å². The maximum Gasteiger partial charge on any atom is 0.155 e. The van der Waals surface area contributed by atoms with Gasteiger partial charge in [-0.3, -0.25) is 9.69 Å². The number of carbonyl (C=O) groups is 1. The summed E-state index contributed by atoms with van der Waals surface area (Å²) in [5, 5.41) is 0. The second-order valence-corrected chi connectivity index (χ2v) is 4.25. The molecule has 0 aromatic heterocycles. The van der Waals surface area contributed by atoms with Crippen molar-refractivity contribution in [1.29, 1.82) is 0 Å². The highest BCUT2D eigenvalue weighted by atomic mass is 16.1. The second kappa shape index (κ2) is 4.75. The van der Waals surface area contributed by atoms with E-state index in [1.165, 1.54) is 0 Å². The molecule has 0 atom stereocenters. The van der Waals surface area contributed by atoms with Gasteiger partial charge in [-0.15, -0.1) is 0 Å². The summed E-state index contributed by atoms with van der Waals surface area (Å²) in [4.78, 5) is 14.1. The summed E-state index contributed by atoms with van der Waals surface area (Å²) in [6.07, 6.45) is 0. The Hall–Kier alpha value is -0.370. The number of hydrogen-bond acceptors (Lipinski definition) is 2. The van der Waals surface area contributed by atoms with Crippen molar-refractivity contribution in [2.24, 2.45) is 5.92 Å². The van der Waals surface area contributed by atoms with Crippen LogP contribution in [0.15, 0.2) is 0 Å². The Morgan fingerprint density at radius 2 is 1.62 bits per heavy atom. The van der Waals surface area contributed by atoms with Crippen LogP contribution >= 0.6 is 0 Å². The molecule has 13 heavy (non-hydrogen) atoms. The van der Waals surface area contributed by atoms with Gasteiger partial charge in [-0.1, -0.05) is 27.7 Å². The van der Waals surface area contributed by atoms with Crippen LogP contribution in [0, 0.1) is 5.92 Å². The lowest BCUT2D eigenvalue weighted by molar-refractivity contribution is -0.132. The van der Waals surface area contributed by atoms with Crippen LogP contribution in [0.1, 0.15) is 41.5 Å².